The zero-order valence-electron chi connectivity index (χ0n) is 10.0. The maximum Gasteiger partial charge on any atom is 0.126 e. The third-order valence-electron chi connectivity index (χ3n) is 2.95. The minimum absolute atomic E-state index is 0.00864. The van der Waals surface area contributed by atoms with Crippen molar-refractivity contribution in [2.45, 2.75) is 38.3 Å². The number of ether oxygens (including phenoxy) is 1. The van der Waals surface area contributed by atoms with Crippen LogP contribution in [0.4, 0.5) is 0 Å². The van der Waals surface area contributed by atoms with Gasteiger partial charge in [0, 0.05) is 16.1 Å². The van der Waals surface area contributed by atoms with Gasteiger partial charge in [-0.2, -0.15) is 0 Å². The molecule has 1 aliphatic carbocycles. The quantitative estimate of drug-likeness (QED) is 0.857. The molecule has 1 aromatic rings. The molecule has 0 radical (unpaired) electrons. The molecule has 17 heavy (non-hydrogen) atoms. The van der Waals surface area contributed by atoms with Crippen molar-refractivity contribution in [3.8, 4) is 5.75 Å². The smallest absolute Gasteiger partial charge is 0.126 e. The van der Waals surface area contributed by atoms with E-state index in [0.29, 0.717) is 0 Å². The van der Waals surface area contributed by atoms with Crippen molar-refractivity contribution >= 4 is 15.9 Å². The van der Waals surface area contributed by atoms with E-state index in [1.165, 1.54) is 12.8 Å². The van der Waals surface area contributed by atoms with Crippen molar-refractivity contribution in [1.82, 2.24) is 0 Å². The average Bonchev–Trinajstić information content (AvgIpc) is 2.30. The van der Waals surface area contributed by atoms with Gasteiger partial charge in [-0.05, 0) is 44.4 Å². The van der Waals surface area contributed by atoms with Gasteiger partial charge in [0.05, 0.1) is 0 Å². The zero-order chi connectivity index (χ0) is 12.3. The van der Waals surface area contributed by atoms with Gasteiger partial charge in [0.25, 0.3) is 0 Å². The highest BCUT2D eigenvalue weighted by Crippen LogP contribution is 2.29. The van der Waals surface area contributed by atoms with Crippen LogP contribution in [0.15, 0.2) is 34.8 Å². The summed E-state index contributed by atoms with van der Waals surface area (Å²) in [7, 11) is 0. The minimum Gasteiger partial charge on any atom is -0.486 e. The molecule has 0 aliphatic heterocycles. The molecule has 0 saturated carbocycles. The molecule has 0 amide bonds. The Bertz CT molecular complexity index is 415. The van der Waals surface area contributed by atoms with E-state index in [2.05, 4.69) is 28.1 Å². The second-order valence-corrected chi connectivity index (χ2v) is 5.40. The van der Waals surface area contributed by atoms with Crippen LogP contribution in [0, 0.1) is 0 Å². The molecule has 2 unspecified atom stereocenters. The lowest BCUT2D eigenvalue weighted by Gasteiger charge is -2.21. The Hall–Kier alpha value is -0.800. The van der Waals surface area contributed by atoms with Crippen LogP contribution in [0.3, 0.4) is 0 Å². The van der Waals surface area contributed by atoms with Crippen LogP contribution < -0.4 is 10.5 Å². The van der Waals surface area contributed by atoms with E-state index >= 15 is 0 Å². The first-order chi connectivity index (χ1) is 8.16. The Morgan fingerprint density at radius 2 is 2.29 bits per heavy atom. The molecule has 1 aliphatic rings. The molecular weight excluding hydrogens is 278 g/mol. The Morgan fingerprint density at radius 3 is 2.94 bits per heavy atom. The SMILES string of the molecule is CC(N)c1ccc(Br)cc1OC1C=CCCC1. The number of nitrogens with two attached hydrogens (primary N) is 1. The minimum atomic E-state index is -0.00864. The summed E-state index contributed by atoms with van der Waals surface area (Å²) in [6.07, 6.45) is 7.98. The third-order valence-corrected chi connectivity index (χ3v) is 3.45. The third kappa shape index (κ3) is 3.33. The molecule has 2 N–H and O–H groups in total. The predicted molar refractivity (Wildman–Crippen MR) is 74.2 cm³/mol. The van der Waals surface area contributed by atoms with E-state index in [4.69, 9.17) is 10.5 Å². The monoisotopic (exact) mass is 295 g/mol. The van der Waals surface area contributed by atoms with Crippen LogP contribution >= 0.6 is 15.9 Å². The van der Waals surface area contributed by atoms with Gasteiger partial charge in [-0.3, -0.25) is 0 Å². The number of allylic oxidation sites excluding steroid dienone is 1. The highest BCUT2D eigenvalue weighted by molar-refractivity contribution is 9.10. The summed E-state index contributed by atoms with van der Waals surface area (Å²) in [5, 5.41) is 0. The van der Waals surface area contributed by atoms with Crippen LogP contribution in [0.25, 0.3) is 0 Å². The Kier molecular flexibility index (Phi) is 4.24. The summed E-state index contributed by atoms with van der Waals surface area (Å²) in [4.78, 5) is 0. The fourth-order valence-corrected chi connectivity index (χ4v) is 2.37. The first kappa shape index (κ1) is 12.7. The number of halogens is 1. The second-order valence-electron chi connectivity index (χ2n) is 4.49. The van der Waals surface area contributed by atoms with Gasteiger partial charge in [0.2, 0.25) is 0 Å². The number of benzene rings is 1. The zero-order valence-corrected chi connectivity index (χ0v) is 11.6. The van der Waals surface area contributed by atoms with Gasteiger partial charge in [-0.15, -0.1) is 0 Å². The maximum atomic E-state index is 6.03. The molecule has 0 heterocycles. The van der Waals surface area contributed by atoms with Crippen molar-refractivity contribution in [3.05, 3.63) is 40.4 Å². The van der Waals surface area contributed by atoms with Gasteiger partial charge in [0.1, 0.15) is 11.9 Å². The van der Waals surface area contributed by atoms with Crippen LogP contribution in [-0.4, -0.2) is 6.10 Å². The van der Waals surface area contributed by atoms with Gasteiger partial charge >= 0.3 is 0 Å². The molecule has 3 heteroatoms. The van der Waals surface area contributed by atoms with E-state index in [1.807, 2.05) is 25.1 Å². The largest absolute Gasteiger partial charge is 0.486 e. The fourth-order valence-electron chi connectivity index (χ4n) is 2.03. The van der Waals surface area contributed by atoms with Crippen LogP contribution in [-0.2, 0) is 0 Å². The average molecular weight is 296 g/mol. The van der Waals surface area contributed by atoms with Gasteiger partial charge < -0.3 is 10.5 Å². The van der Waals surface area contributed by atoms with Crippen molar-refractivity contribution < 1.29 is 4.74 Å². The summed E-state index contributed by atoms with van der Waals surface area (Å²) in [5.41, 5.74) is 7.02. The normalized spacial score (nSPS) is 21.2. The van der Waals surface area contributed by atoms with Crippen LogP contribution in [0.2, 0.25) is 0 Å². The first-order valence-electron chi connectivity index (χ1n) is 6.05. The van der Waals surface area contributed by atoms with Gasteiger partial charge in [-0.25, -0.2) is 0 Å². The highest BCUT2D eigenvalue weighted by atomic mass is 79.9. The molecule has 2 rings (SSSR count). The lowest BCUT2D eigenvalue weighted by atomic mass is 10.0. The molecule has 0 spiro atoms. The summed E-state index contributed by atoms with van der Waals surface area (Å²) in [5.74, 6) is 0.894. The van der Waals surface area contributed by atoms with Crippen molar-refractivity contribution in [2.24, 2.45) is 5.73 Å². The van der Waals surface area contributed by atoms with Crippen LogP contribution in [0.1, 0.15) is 37.8 Å². The lowest BCUT2D eigenvalue weighted by Crippen LogP contribution is -2.18. The van der Waals surface area contributed by atoms with E-state index in [0.717, 1.165) is 22.2 Å². The molecule has 0 aromatic heterocycles. The Balaban J connectivity index is 2.20. The molecule has 2 nitrogen and oxygen atoms in total. The van der Waals surface area contributed by atoms with Crippen LogP contribution in [0.5, 0.6) is 5.75 Å². The highest BCUT2D eigenvalue weighted by Gasteiger charge is 2.14. The summed E-state index contributed by atoms with van der Waals surface area (Å²) in [6.45, 7) is 1.98. The number of rotatable bonds is 3. The lowest BCUT2D eigenvalue weighted by molar-refractivity contribution is 0.227. The molecule has 1 aromatic carbocycles. The van der Waals surface area contributed by atoms with Crippen molar-refractivity contribution in [2.75, 3.05) is 0 Å². The summed E-state index contributed by atoms with van der Waals surface area (Å²) >= 11 is 3.47. The molecule has 92 valence electrons. The van der Waals surface area contributed by atoms with Gasteiger partial charge in [0.15, 0.2) is 0 Å². The Morgan fingerprint density at radius 1 is 1.47 bits per heavy atom. The number of hydrogen-bond donors (Lipinski definition) is 1. The second kappa shape index (κ2) is 5.69. The summed E-state index contributed by atoms with van der Waals surface area (Å²) < 4.78 is 7.06. The fraction of sp³-hybridized carbons (Fsp3) is 0.429. The molecule has 0 fully saturated rings. The molecule has 2 atom stereocenters. The van der Waals surface area contributed by atoms with E-state index in [1.54, 1.807) is 0 Å². The Labute approximate surface area is 111 Å². The van der Waals surface area contributed by atoms with Gasteiger partial charge in [-0.1, -0.05) is 28.1 Å². The van der Waals surface area contributed by atoms with E-state index < -0.39 is 0 Å². The predicted octanol–water partition coefficient (Wildman–Crippen LogP) is 3.96. The molecule has 0 saturated heterocycles. The topological polar surface area (TPSA) is 35.2 Å². The van der Waals surface area contributed by atoms with E-state index in [-0.39, 0.29) is 12.1 Å². The van der Waals surface area contributed by atoms with E-state index in [9.17, 15) is 0 Å². The molecular formula is C14H18BrNO. The standard InChI is InChI=1S/C14H18BrNO/c1-10(16)13-8-7-11(15)9-14(13)17-12-5-3-2-4-6-12/h3,5,7-10,12H,2,4,6,16H2,1H3. The number of hydrogen-bond acceptors (Lipinski definition) is 2. The summed E-state index contributed by atoms with van der Waals surface area (Å²) in [6, 6.07) is 6.02. The van der Waals surface area contributed by atoms with Crippen molar-refractivity contribution in [3.63, 3.8) is 0 Å². The first-order valence-corrected chi connectivity index (χ1v) is 6.84. The maximum absolute atomic E-state index is 6.03. The van der Waals surface area contributed by atoms with Crippen molar-refractivity contribution in [1.29, 1.82) is 0 Å². The molecule has 0 bridgehead atoms.